The second-order valence-corrected chi connectivity index (χ2v) is 8.95. The Morgan fingerprint density at radius 3 is 2.68 bits per heavy atom. The first kappa shape index (κ1) is 20.7. The third kappa shape index (κ3) is 3.99. The van der Waals surface area contributed by atoms with E-state index in [1.807, 2.05) is 0 Å². The average Bonchev–Trinajstić information content (AvgIpc) is 3.38. The fourth-order valence-electron chi connectivity index (χ4n) is 5.04. The second kappa shape index (κ2) is 8.83. The minimum Gasteiger partial charge on any atom is -0.345 e. The van der Waals surface area contributed by atoms with Crippen LogP contribution < -0.4 is 5.32 Å². The highest BCUT2D eigenvalue weighted by Crippen LogP contribution is 2.36. The van der Waals surface area contributed by atoms with Gasteiger partial charge in [-0.1, -0.05) is 42.5 Å². The van der Waals surface area contributed by atoms with Gasteiger partial charge in [0.2, 0.25) is 0 Å². The van der Waals surface area contributed by atoms with Crippen molar-refractivity contribution in [2.75, 3.05) is 13.1 Å². The van der Waals surface area contributed by atoms with Gasteiger partial charge in [0.15, 0.2) is 5.82 Å². The molecule has 1 N–H and O–H groups in total. The van der Waals surface area contributed by atoms with Gasteiger partial charge >= 0.3 is 0 Å². The number of hydrogen-bond acceptors (Lipinski definition) is 5. The van der Waals surface area contributed by atoms with Crippen molar-refractivity contribution in [3.8, 4) is 11.1 Å². The Balaban J connectivity index is 1.09. The van der Waals surface area contributed by atoms with Crippen LogP contribution in [0.2, 0.25) is 0 Å². The smallest absolute Gasteiger partial charge is 0.251 e. The van der Waals surface area contributed by atoms with Crippen LogP contribution in [0.25, 0.3) is 11.1 Å². The predicted octanol–water partition coefficient (Wildman–Crippen LogP) is 3.23. The standard InChI is InChI=1S/C27H26N6O/c34-27(20-7-10-28-11-8-20)29-17-26-31-30-25-9-12-32(13-14-33(25)26)18-19-5-6-24-22(15-19)16-21-3-1-2-4-23(21)24/h1-8,10-11,15H,9,12-14,16-18H2,(H,29,34). The van der Waals surface area contributed by atoms with E-state index in [2.05, 4.69) is 72.4 Å². The summed E-state index contributed by atoms with van der Waals surface area (Å²) in [6.45, 7) is 3.97. The Bertz CT molecular complexity index is 1350. The molecule has 0 spiro atoms. The average molecular weight is 451 g/mol. The zero-order valence-corrected chi connectivity index (χ0v) is 18.9. The van der Waals surface area contributed by atoms with Crippen LogP contribution in [0.15, 0.2) is 67.0 Å². The van der Waals surface area contributed by atoms with Gasteiger partial charge < -0.3 is 9.88 Å². The van der Waals surface area contributed by atoms with Crippen molar-refractivity contribution in [2.24, 2.45) is 0 Å². The predicted molar refractivity (Wildman–Crippen MR) is 129 cm³/mol. The lowest BCUT2D eigenvalue weighted by Gasteiger charge is -2.20. The minimum absolute atomic E-state index is 0.131. The molecule has 0 saturated carbocycles. The third-order valence-electron chi connectivity index (χ3n) is 6.81. The van der Waals surface area contributed by atoms with Gasteiger partial charge in [0, 0.05) is 50.6 Å². The normalized spacial score (nSPS) is 14.7. The van der Waals surface area contributed by atoms with Crippen LogP contribution >= 0.6 is 0 Å². The third-order valence-corrected chi connectivity index (χ3v) is 6.81. The topological polar surface area (TPSA) is 75.9 Å². The molecule has 1 aliphatic heterocycles. The summed E-state index contributed by atoms with van der Waals surface area (Å²) in [5.41, 5.74) is 7.55. The number of carbonyl (C=O) groups excluding carboxylic acids is 1. The van der Waals surface area contributed by atoms with E-state index < -0.39 is 0 Å². The molecule has 0 unspecified atom stereocenters. The number of nitrogens with one attached hydrogen (secondary N) is 1. The number of benzene rings is 2. The van der Waals surface area contributed by atoms with Crippen LogP contribution in [0.3, 0.4) is 0 Å². The molecule has 7 nitrogen and oxygen atoms in total. The van der Waals surface area contributed by atoms with Crippen LogP contribution in [0.5, 0.6) is 0 Å². The molecule has 0 saturated heterocycles. The fourth-order valence-corrected chi connectivity index (χ4v) is 5.04. The summed E-state index contributed by atoms with van der Waals surface area (Å²) in [5, 5.41) is 11.7. The van der Waals surface area contributed by atoms with Gasteiger partial charge in [-0.05, 0) is 46.4 Å². The van der Waals surface area contributed by atoms with Crippen LogP contribution in [-0.4, -0.2) is 43.6 Å². The molecule has 3 heterocycles. The number of aromatic nitrogens is 4. The molecule has 1 amide bonds. The molecular weight excluding hydrogens is 424 g/mol. The molecule has 0 atom stereocenters. The van der Waals surface area contributed by atoms with E-state index >= 15 is 0 Å². The van der Waals surface area contributed by atoms with Crippen molar-refractivity contribution in [1.29, 1.82) is 0 Å². The minimum atomic E-state index is -0.131. The maximum atomic E-state index is 12.4. The van der Waals surface area contributed by atoms with Gasteiger partial charge in [-0.3, -0.25) is 14.7 Å². The maximum absolute atomic E-state index is 12.4. The first-order valence-electron chi connectivity index (χ1n) is 11.8. The quantitative estimate of drug-likeness (QED) is 0.445. The number of fused-ring (bicyclic) bond motifs is 4. The van der Waals surface area contributed by atoms with Crippen molar-refractivity contribution in [3.05, 3.63) is 101 Å². The lowest BCUT2D eigenvalue weighted by molar-refractivity contribution is 0.0949. The van der Waals surface area contributed by atoms with Crippen LogP contribution in [0.4, 0.5) is 0 Å². The van der Waals surface area contributed by atoms with E-state index in [4.69, 9.17) is 0 Å². The molecule has 7 heteroatoms. The molecule has 6 rings (SSSR count). The Hall–Kier alpha value is -3.84. The van der Waals surface area contributed by atoms with Gasteiger partial charge in [0.1, 0.15) is 5.82 Å². The number of hydrogen-bond donors (Lipinski definition) is 1. The molecule has 1 aliphatic carbocycles. The van der Waals surface area contributed by atoms with E-state index in [1.54, 1.807) is 24.5 Å². The number of carbonyl (C=O) groups is 1. The molecule has 0 radical (unpaired) electrons. The number of nitrogens with zero attached hydrogens (tertiary/aromatic N) is 5. The number of pyridine rings is 1. The van der Waals surface area contributed by atoms with E-state index in [0.29, 0.717) is 12.1 Å². The first-order valence-corrected chi connectivity index (χ1v) is 11.8. The summed E-state index contributed by atoms with van der Waals surface area (Å²) in [7, 11) is 0. The summed E-state index contributed by atoms with van der Waals surface area (Å²) in [6.07, 6.45) is 5.11. The van der Waals surface area contributed by atoms with Crippen LogP contribution in [0, 0.1) is 0 Å². The zero-order valence-electron chi connectivity index (χ0n) is 18.9. The largest absolute Gasteiger partial charge is 0.345 e. The van der Waals surface area contributed by atoms with Crippen molar-refractivity contribution < 1.29 is 4.79 Å². The highest BCUT2D eigenvalue weighted by molar-refractivity contribution is 5.93. The molecule has 0 bridgehead atoms. The first-order chi connectivity index (χ1) is 16.7. The van der Waals surface area contributed by atoms with E-state index in [9.17, 15) is 4.79 Å². The lowest BCUT2D eigenvalue weighted by atomic mass is 10.0. The van der Waals surface area contributed by atoms with Gasteiger partial charge in [0.05, 0.1) is 6.54 Å². The summed E-state index contributed by atoms with van der Waals surface area (Å²) in [4.78, 5) is 18.8. The number of amides is 1. The molecule has 0 fully saturated rings. The van der Waals surface area contributed by atoms with Gasteiger partial charge in [-0.15, -0.1) is 10.2 Å². The van der Waals surface area contributed by atoms with Crippen molar-refractivity contribution >= 4 is 5.91 Å². The second-order valence-electron chi connectivity index (χ2n) is 8.95. The SMILES string of the molecule is O=C(NCc1nnc2n1CCN(Cc1ccc3c(c1)Cc1ccccc1-3)CC2)c1ccncc1. The number of rotatable bonds is 5. The molecule has 2 aliphatic rings. The lowest BCUT2D eigenvalue weighted by Crippen LogP contribution is -2.28. The maximum Gasteiger partial charge on any atom is 0.251 e. The van der Waals surface area contributed by atoms with Gasteiger partial charge in [-0.2, -0.15) is 0 Å². The summed E-state index contributed by atoms with van der Waals surface area (Å²) < 4.78 is 2.16. The molecule has 2 aromatic carbocycles. The Morgan fingerprint density at radius 1 is 0.912 bits per heavy atom. The van der Waals surface area contributed by atoms with E-state index in [1.165, 1.54) is 27.8 Å². The monoisotopic (exact) mass is 450 g/mol. The summed E-state index contributed by atoms with van der Waals surface area (Å²) in [6, 6.07) is 19.0. The molecular formula is C27H26N6O. The van der Waals surface area contributed by atoms with Crippen molar-refractivity contribution in [3.63, 3.8) is 0 Å². The van der Waals surface area contributed by atoms with Gasteiger partial charge in [0.25, 0.3) is 5.91 Å². The Kier molecular flexibility index (Phi) is 5.39. The zero-order chi connectivity index (χ0) is 22.9. The fraction of sp³-hybridized carbons (Fsp3) is 0.259. The van der Waals surface area contributed by atoms with Crippen LogP contribution in [-0.2, 0) is 32.5 Å². The molecule has 4 aromatic rings. The summed E-state index contributed by atoms with van der Waals surface area (Å²) in [5.74, 6) is 1.66. The Morgan fingerprint density at radius 2 is 1.76 bits per heavy atom. The van der Waals surface area contributed by atoms with Crippen LogP contribution in [0.1, 0.15) is 38.7 Å². The Labute approximate surface area is 198 Å². The molecule has 2 aromatic heterocycles. The highest BCUT2D eigenvalue weighted by Gasteiger charge is 2.21. The van der Waals surface area contributed by atoms with Gasteiger partial charge in [-0.25, -0.2) is 0 Å². The highest BCUT2D eigenvalue weighted by atomic mass is 16.1. The molecule has 34 heavy (non-hydrogen) atoms. The van der Waals surface area contributed by atoms with Crippen molar-refractivity contribution in [1.82, 2.24) is 30.0 Å². The van der Waals surface area contributed by atoms with E-state index in [0.717, 1.165) is 50.7 Å². The van der Waals surface area contributed by atoms with Crippen molar-refractivity contribution in [2.45, 2.75) is 32.5 Å². The molecule has 170 valence electrons. The van der Waals surface area contributed by atoms with E-state index in [-0.39, 0.29) is 5.91 Å². The summed E-state index contributed by atoms with van der Waals surface area (Å²) >= 11 is 0.